The number of hydrogen-bond donors (Lipinski definition) is 1. The van der Waals surface area contributed by atoms with Crippen molar-refractivity contribution in [1.82, 2.24) is 14.1 Å². The number of carbonyl (C=O) groups is 1. The van der Waals surface area contributed by atoms with Crippen LogP contribution < -0.4 is 20.7 Å². The lowest BCUT2D eigenvalue weighted by Crippen LogP contribution is -2.41. The highest BCUT2D eigenvalue weighted by Gasteiger charge is 2.35. The topological polar surface area (TPSA) is 113 Å². The van der Waals surface area contributed by atoms with Gasteiger partial charge in [-0.1, -0.05) is 18.5 Å². The number of aliphatic carboxylic acids is 1. The number of carboxylic acids is 1. The Kier molecular flexibility index (Phi) is 7.19. The van der Waals surface area contributed by atoms with Crippen LogP contribution in [0.3, 0.4) is 0 Å². The van der Waals surface area contributed by atoms with Gasteiger partial charge in [0.1, 0.15) is 10.7 Å². The fraction of sp³-hybridized carbons (Fsp3) is 0.238. The first kappa shape index (κ1) is 25.7. The highest BCUT2D eigenvalue weighted by atomic mass is 35.5. The van der Waals surface area contributed by atoms with E-state index in [2.05, 4.69) is 4.98 Å². The average molecular weight is 518 g/mol. The summed E-state index contributed by atoms with van der Waals surface area (Å²) in [5, 5.41) is 8.24. The summed E-state index contributed by atoms with van der Waals surface area (Å²) < 4.78 is 65.9. The number of alkyl halides is 3. The summed E-state index contributed by atoms with van der Waals surface area (Å²) in [6, 6.07) is 3.92. The lowest BCUT2D eigenvalue weighted by molar-refractivity contribution is -0.144. The van der Waals surface area contributed by atoms with E-state index >= 15 is 4.39 Å². The number of aromatic nitrogens is 3. The first-order valence-corrected chi connectivity index (χ1v) is 10.1. The van der Waals surface area contributed by atoms with E-state index in [4.69, 9.17) is 26.2 Å². The minimum Gasteiger partial charge on any atom is -0.479 e. The maximum Gasteiger partial charge on any atom is 0.431 e. The molecule has 0 spiro atoms. The fourth-order valence-corrected chi connectivity index (χ4v) is 3.38. The van der Waals surface area contributed by atoms with Gasteiger partial charge in [0.25, 0.3) is 11.4 Å². The zero-order valence-electron chi connectivity index (χ0n) is 18.0. The van der Waals surface area contributed by atoms with Crippen LogP contribution in [0.15, 0.2) is 40.1 Å². The van der Waals surface area contributed by atoms with Crippen molar-refractivity contribution < 1.29 is 36.9 Å². The number of pyridine rings is 1. The van der Waals surface area contributed by atoms with Gasteiger partial charge in [-0.2, -0.15) is 13.2 Å². The van der Waals surface area contributed by atoms with E-state index in [9.17, 15) is 27.6 Å². The number of hydrogen-bond acceptors (Lipinski definition) is 6. The standard InChI is InChI=1S/C21H16ClF4N3O6/c1-3-10-11(29-15(30)8-14(21(24,25)26)28(2)20(29)33)7-13(17(22)18(10)23)35-12-5-4-6-27-19(12)34-9-16(31)32/h4-8H,3,9H2,1-2H3,(H,31,32). The quantitative estimate of drug-likeness (QED) is 0.477. The minimum atomic E-state index is -4.98. The smallest absolute Gasteiger partial charge is 0.431 e. The van der Waals surface area contributed by atoms with Gasteiger partial charge in [0, 0.05) is 30.9 Å². The Bertz CT molecular complexity index is 1420. The number of halogens is 5. The van der Waals surface area contributed by atoms with Gasteiger partial charge in [-0.3, -0.25) is 9.36 Å². The molecule has 0 unspecified atom stereocenters. The summed E-state index contributed by atoms with van der Waals surface area (Å²) in [4.78, 5) is 39.9. The van der Waals surface area contributed by atoms with Crippen LogP contribution in [0.2, 0.25) is 5.02 Å². The Hall–Kier alpha value is -3.87. The summed E-state index contributed by atoms with van der Waals surface area (Å²) >= 11 is 6.09. The molecule has 0 fully saturated rings. The third-order valence-corrected chi connectivity index (χ3v) is 5.10. The lowest BCUT2D eigenvalue weighted by atomic mass is 10.1. The zero-order chi connectivity index (χ0) is 26.1. The third-order valence-electron chi connectivity index (χ3n) is 4.74. The number of carboxylic acid groups (broad SMARTS) is 1. The van der Waals surface area contributed by atoms with Crippen LogP contribution in [-0.4, -0.2) is 31.8 Å². The van der Waals surface area contributed by atoms with Crippen molar-refractivity contribution in [3.8, 4) is 23.1 Å². The van der Waals surface area contributed by atoms with E-state index in [1.165, 1.54) is 25.3 Å². The molecule has 0 saturated carbocycles. The number of nitrogens with zero attached hydrogens (tertiary/aromatic N) is 3. The highest BCUT2D eigenvalue weighted by Crippen LogP contribution is 2.38. The lowest BCUT2D eigenvalue weighted by Gasteiger charge is -2.18. The summed E-state index contributed by atoms with van der Waals surface area (Å²) in [7, 11) is 0.818. The van der Waals surface area contributed by atoms with Crippen LogP contribution in [0.5, 0.6) is 17.4 Å². The van der Waals surface area contributed by atoms with Crippen LogP contribution in [0.25, 0.3) is 5.69 Å². The molecule has 0 amide bonds. The second kappa shape index (κ2) is 9.78. The molecule has 0 atom stereocenters. The molecule has 2 aromatic heterocycles. The van der Waals surface area contributed by atoms with E-state index in [-0.39, 0.29) is 39.9 Å². The van der Waals surface area contributed by atoms with Gasteiger partial charge >= 0.3 is 17.8 Å². The molecule has 0 radical (unpaired) electrons. The van der Waals surface area contributed by atoms with E-state index in [0.29, 0.717) is 4.57 Å². The summed E-state index contributed by atoms with van der Waals surface area (Å²) in [6.07, 6.45) is -3.80. The minimum absolute atomic E-state index is 0.0857. The van der Waals surface area contributed by atoms with Gasteiger partial charge in [-0.05, 0) is 18.6 Å². The molecule has 1 N–H and O–H groups in total. The van der Waals surface area contributed by atoms with Crippen molar-refractivity contribution in [2.24, 2.45) is 7.05 Å². The molecule has 35 heavy (non-hydrogen) atoms. The predicted octanol–water partition coefficient (Wildman–Crippen LogP) is 3.56. The molecular formula is C21H16ClF4N3O6. The number of benzene rings is 1. The van der Waals surface area contributed by atoms with Crippen LogP contribution in [-0.2, 0) is 24.4 Å². The van der Waals surface area contributed by atoms with Crippen molar-refractivity contribution in [2.75, 3.05) is 6.61 Å². The van der Waals surface area contributed by atoms with Crippen molar-refractivity contribution >= 4 is 17.6 Å². The van der Waals surface area contributed by atoms with Gasteiger partial charge in [-0.15, -0.1) is 0 Å². The summed E-state index contributed by atoms with van der Waals surface area (Å²) in [6.45, 7) is 0.712. The van der Waals surface area contributed by atoms with Gasteiger partial charge in [0.15, 0.2) is 23.9 Å². The molecule has 2 heterocycles. The average Bonchev–Trinajstić information content (AvgIpc) is 2.78. The van der Waals surface area contributed by atoms with Crippen LogP contribution in [0.1, 0.15) is 18.2 Å². The molecule has 1 aromatic carbocycles. The van der Waals surface area contributed by atoms with Gasteiger partial charge in [0.2, 0.25) is 0 Å². The molecule has 0 aliphatic rings. The van der Waals surface area contributed by atoms with E-state index in [0.717, 1.165) is 13.1 Å². The van der Waals surface area contributed by atoms with Crippen LogP contribution in [0.4, 0.5) is 17.6 Å². The normalized spacial score (nSPS) is 11.4. The van der Waals surface area contributed by atoms with Crippen molar-refractivity contribution in [3.63, 3.8) is 0 Å². The van der Waals surface area contributed by atoms with Crippen molar-refractivity contribution in [1.29, 1.82) is 0 Å². The Morgan fingerprint density at radius 3 is 2.51 bits per heavy atom. The Balaban J connectivity index is 2.22. The van der Waals surface area contributed by atoms with Gasteiger partial charge < -0.3 is 14.6 Å². The fourth-order valence-electron chi connectivity index (χ4n) is 3.17. The molecule has 9 nitrogen and oxygen atoms in total. The number of ether oxygens (including phenoxy) is 2. The summed E-state index contributed by atoms with van der Waals surface area (Å²) in [5.74, 6) is -3.28. The maximum absolute atomic E-state index is 15.2. The van der Waals surface area contributed by atoms with Crippen molar-refractivity contribution in [2.45, 2.75) is 19.5 Å². The molecule has 0 aliphatic heterocycles. The second-order valence-electron chi connectivity index (χ2n) is 6.99. The second-order valence-corrected chi connectivity index (χ2v) is 7.37. The van der Waals surface area contributed by atoms with Crippen LogP contribution in [0, 0.1) is 5.82 Å². The largest absolute Gasteiger partial charge is 0.479 e. The molecule has 14 heteroatoms. The van der Waals surface area contributed by atoms with E-state index < -0.39 is 52.3 Å². The first-order chi connectivity index (χ1) is 16.4. The highest BCUT2D eigenvalue weighted by molar-refractivity contribution is 6.32. The zero-order valence-corrected chi connectivity index (χ0v) is 18.8. The van der Waals surface area contributed by atoms with Crippen LogP contribution >= 0.6 is 11.6 Å². The van der Waals surface area contributed by atoms with Crippen molar-refractivity contribution in [3.05, 3.63) is 73.4 Å². The maximum atomic E-state index is 15.2. The molecule has 0 bridgehead atoms. The Morgan fingerprint density at radius 2 is 1.91 bits per heavy atom. The molecule has 0 saturated heterocycles. The predicted molar refractivity (Wildman–Crippen MR) is 114 cm³/mol. The Labute approximate surface area is 198 Å². The Morgan fingerprint density at radius 1 is 1.23 bits per heavy atom. The first-order valence-electron chi connectivity index (χ1n) is 9.75. The molecule has 186 valence electrons. The monoisotopic (exact) mass is 517 g/mol. The molecule has 3 aromatic rings. The molecular weight excluding hydrogens is 502 g/mol. The number of rotatable bonds is 7. The molecule has 3 rings (SSSR count). The summed E-state index contributed by atoms with van der Waals surface area (Å²) in [5.41, 5.74) is -4.83. The van der Waals surface area contributed by atoms with E-state index in [1.54, 1.807) is 0 Å². The van der Waals surface area contributed by atoms with Gasteiger partial charge in [0.05, 0.1) is 5.69 Å². The SMILES string of the molecule is CCc1c(-n2c(=O)cc(C(F)(F)F)n(C)c2=O)cc(Oc2cccnc2OCC(=O)O)c(Cl)c1F. The van der Waals surface area contributed by atoms with Gasteiger partial charge in [-0.25, -0.2) is 23.5 Å². The molecule has 0 aliphatic carbocycles. The third kappa shape index (κ3) is 5.14. The van der Waals surface area contributed by atoms with E-state index in [1.807, 2.05) is 0 Å².